The summed E-state index contributed by atoms with van der Waals surface area (Å²) in [6, 6.07) is 0. The van der Waals surface area contributed by atoms with Gasteiger partial charge in [0.2, 0.25) is 0 Å². The van der Waals surface area contributed by atoms with Crippen LogP contribution in [-0.2, 0) is 4.79 Å². The van der Waals surface area contributed by atoms with E-state index in [1.165, 1.54) is 11.1 Å². The quantitative estimate of drug-likeness (QED) is 0.640. The zero-order valence-electron chi connectivity index (χ0n) is 11.1. The van der Waals surface area contributed by atoms with Crippen LogP contribution in [0, 0.1) is 5.92 Å². The van der Waals surface area contributed by atoms with Crippen LogP contribution in [-0.4, -0.2) is 5.78 Å². The Hall–Kier alpha value is -1.37. The first kappa shape index (κ1) is 13.7. The van der Waals surface area contributed by atoms with Crippen molar-refractivity contribution >= 4 is 5.78 Å². The molecule has 1 nitrogen and oxygen atoms in total. The van der Waals surface area contributed by atoms with Gasteiger partial charge in [0.1, 0.15) is 0 Å². The average Bonchev–Trinajstić information content (AvgIpc) is 2.27. The standard InChI is InChI=1S/C16H22O/c1-13(2)7-6-8-14(3)11-12-15-9-4-5-10-16(15)17/h4-5,7,9-11,15H,6,8,12H2,1-3H3. The second-order valence-electron chi connectivity index (χ2n) is 4.86. The van der Waals surface area contributed by atoms with Crippen molar-refractivity contribution < 1.29 is 4.79 Å². The summed E-state index contributed by atoms with van der Waals surface area (Å²) in [6.07, 6.45) is 14.9. The van der Waals surface area contributed by atoms with Crippen molar-refractivity contribution in [1.82, 2.24) is 0 Å². The Balaban J connectivity index is 2.37. The molecule has 0 N–H and O–H groups in total. The Morgan fingerprint density at radius 2 is 2.00 bits per heavy atom. The van der Waals surface area contributed by atoms with E-state index in [2.05, 4.69) is 32.9 Å². The van der Waals surface area contributed by atoms with Crippen LogP contribution < -0.4 is 0 Å². The van der Waals surface area contributed by atoms with Crippen molar-refractivity contribution in [2.24, 2.45) is 5.92 Å². The van der Waals surface area contributed by atoms with E-state index in [0.29, 0.717) is 0 Å². The lowest BCUT2D eigenvalue weighted by Crippen LogP contribution is -2.10. The van der Waals surface area contributed by atoms with E-state index in [9.17, 15) is 4.79 Å². The molecular formula is C16H22O. The molecule has 0 aromatic carbocycles. The van der Waals surface area contributed by atoms with Crippen molar-refractivity contribution in [3.8, 4) is 0 Å². The van der Waals surface area contributed by atoms with Gasteiger partial charge in [-0.3, -0.25) is 4.79 Å². The summed E-state index contributed by atoms with van der Waals surface area (Å²) in [5.74, 6) is 0.277. The van der Waals surface area contributed by atoms with Gasteiger partial charge in [0.15, 0.2) is 5.78 Å². The maximum Gasteiger partial charge on any atom is 0.162 e. The normalized spacial score (nSPS) is 19.6. The van der Waals surface area contributed by atoms with Crippen molar-refractivity contribution in [3.63, 3.8) is 0 Å². The van der Waals surface area contributed by atoms with E-state index >= 15 is 0 Å². The third-order valence-corrected chi connectivity index (χ3v) is 2.89. The molecule has 1 aliphatic rings. The topological polar surface area (TPSA) is 17.1 Å². The van der Waals surface area contributed by atoms with Crippen molar-refractivity contribution in [3.05, 3.63) is 47.6 Å². The highest BCUT2D eigenvalue weighted by Crippen LogP contribution is 2.16. The minimum atomic E-state index is 0.0541. The minimum Gasteiger partial charge on any atom is -0.294 e. The molecule has 1 heteroatoms. The monoisotopic (exact) mass is 230 g/mol. The van der Waals surface area contributed by atoms with Crippen LogP contribution >= 0.6 is 0 Å². The minimum absolute atomic E-state index is 0.0541. The molecule has 0 saturated carbocycles. The van der Waals surface area contributed by atoms with Crippen LogP contribution in [0.15, 0.2) is 47.6 Å². The summed E-state index contributed by atoms with van der Waals surface area (Å²) in [5, 5.41) is 0. The summed E-state index contributed by atoms with van der Waals surface area (Å²) < 4.78 is 0. The number of carbonyl (C=O) groups is 1. The molecule has 0 bridgehead atoms. The lowest BCUT2D eigenvalue weighted by Gasteiger charge is -2.09. The molecule has 0 amide bonds. The van der Waals surface area contributed by atoms with Gasteiger partial charge >= 0.3 is 0 Å². The van der Waals surface area contributed by atoms with Gasteiger partial charge in [-0.15, -0.1) is 0 Å². The summed E-state index contributed by atoms with van der Waals surface area (Å²) in [4.78, 5) is 11.5. The Bertz CT molecular complexity index is 376. The molecule has 0 fully saturated rings. The number of carbonyl (C=O) groups excluding carboxylic acids is 1. The number of allylic oxidation sites excluding steroid dienone is 8. The maximum absolute atomic E-state index is 11.5. The van der Waals surface area contributed by atoms with Crippen LogP contribution in [0.5, 0.6) is 0 Å². The molecule has 0 heterocycles. The molecular weight excluding hydrogens is 208 g/mol. The van der Waals surface area contributed by atoms with Gasteiger partial charge in [-0.25, -0.2) is 0 Å². The first-order valence-electron chi connectivity index (χ1n) is 6.27. The smallest absolute Gasteiger partial charge is 0.162 e. The van der Waals surface area contributed by atoms with Crippen molar-refractivity contribution in [2.75, 3.05) is 0 Å². The zero-order chi connectivity index (χ0) is 12.7. The second kappa shape index (κ2) is 7.05. The molecule has 1 atom stereocenters. The summed E-state index contributed by atoms with van der Waals surface area (Å²) in [7, 11) is 0. The SMILES string of the molecule is CC(C)=CCCC(C)=CCC1C=CC=CC1=O. The molecule has 0 saturated heterocycles. The number of hydrogen-bond donors (Lipinski definition) is 0. The third kappa shape index (κ3) is 5.48. The highest BCUT2D eigenvalue weighted by Gasteiger charge is 2.12. The van der Waals surface area contributed by atoms with Gasteiger partial charge in [-0.2, -0.15) is 0 Å². The molecule has 0 aromatic rings. The average molecular weight is 230 g/mol. The summed E-state index contributed by atoms with van der Waals surface area (Å²) in [5.41, 5.74) is 2.74. The lowest BCUT2D eigenvalue weighted by atomic mass is 9.94. The Morgan fingerprint density at radius 1 is 1.24 bits per heavy atom. The van der Waals surface area contributed by atoms with E-state index in [4.69, 9.17) is 0 Å². The van der Waals surface area contributed by atoms with E-state index in [1.807, 2.05) is 18.2 Å². The van der Waals surface area contributed by atoms with E-state index in [-0.39, 0.29) is 11.7 Å². The Morgan fingerprint density at radius 3 is 2.65 bits per heavy atom. The highest BCUT2D eigenvalue weighted by atomic mass is 16.1. The predicted molar refractivity (Wildman–Crippen MR) is 73.8 cm³/mol. The second-order valence-corrected chi connectivity index (χ2v) is 4.86. The first-order valence-corrected chi connectivity index (χ1v) is 6.27. The van der Waals surface area contributed by atoms with Gasteiger partial charge in [0.25, 0.3) is 0 Å². The summed E-state index contributed by atoms with van der Waals surface area (Å²) in [6.45, 7) is 6.39. The van der Waals surface area contributed by atoms with Crippen LogP contribution in [0.4, 0.5) is 0 Å². The molecule has 1 unspecified atom stereocenters. The molecule has 0 spiro atoms. The number of rotatable bonds is 5. The van der Waals surface area contributed by atoms with E-state index in [1.54, 1.807) is 6.08 Å². The first-order chi connectivity index (χ1) is 8.09. The summed E-state index contributed by atoms with van der Waals surface area (Å²) >= 11 is 0. The fourth-order valence-corrected chi connectivity index (χ4v) is 1.78. The number of hydrogen-bond acceptors (Lipinski definition) is 1. The molecule has 1 aliphatic carbocycles. The molecule has 1 rings (SSSR count). The Kier molecular flexibility index (Phi) is 5.68. The fraction of sp³-hybridized carbons (Fsp3) is 0.438. The van der Waals surface area contributed by atoms with Gasteiger partial charge in [0, 0.05) is 5.92 Å². The highest BCUT2D eigenvalue weighted by molar-refractivity contribution is 5.94. The molecule has 0 aliphatic heterocycles. The fourth-order valence-electron chi connectivity index (χ4n) is 1.78. The van der Waals surface area contributed by atoms with Crippen molar-refractivity contribution in [2.45, 2.75) is 40.0 Å². The van der Waals surface area contributed by atoms with Crippen molar-refractivity contribution in [1.29, 1.82) is 0 Å². The lowest BCUT2D eigenvalue weighted by molar-refractivity contribution is -0.116. The zero-order valence-corrected chi connectivity index (χ0v) is 11.1. The van der Waals surface area contributed by atoms with Crippen LogP contribution in [0.3, 0.4) is 0 Å². The van der Waals surface area contributed by atoms with Gasteiger partial charge < -0.3 is 0 Å². The molecule has 92 valence electrons. The van der Waals surface area contributed by atoms with Crippen LogP contribution in [0.1, 0.15) is 40.0 Å². The van der Waals surface area contributed by atoms with Crippen LogP contribution in [0.25, 0.3) is 0 Å². The largest absolute Gasteiger partial charge is 0.294 e. The maximum atomic E-state index is 11.5. The Labute approximate surface area is 105 Å². The molecule has 17 heavy (non-hydrogen) atoms. The molecule has 0 aromatic heterocycles. The van der Waals surface area contributed by atoms with Gasteiger partial charge in [-0.05, 0) is 46.1 Å². The third-order valence-electron chi connectivity index (χ3n) is 2.89. The number of ketones is 1. The van der Waals surface area contributed by atoms with Crippen LogP contribution in [0.2, 0.25) is 0 Å². The van der Waals surface area contributed by atoms with E-state index in [0.717, 1.165) is 19.3 Å². The predicted octanol–water partition coefficient (Wildman–Crippen LogP) is 4.38. The van der Waals surface area contributed by atoms with Gasteiger partial charge in [0.05, 0.1) is 0 Å². The molecule has 0 radical (unpaired) electrons. The van der Waals surface area contributed by atoms with Gasteiger partial charge in [-0.1, -0.05) is 41.5 Å². The van der Waals surface area contributed by atoms with E-state index < -0.39 is 0 Å².